The molecule has 0 spiro atoms. The van der Waals surface area contributed by atoms with Gasteiger partial charge in [0.25, 0.3) is 0 Å². The van der Waals surface area contributed by atoms with Gasteiger partial charge in [0.1, 0.15) is 5.82 Å². The third-order valence-corrected chi connectivity index (χ3v) is 5.76. The van der Waals surface area contributed by atoms with E-state index in [9.17, 15) is 4.79 Å². The molecular formula is C22H26N4OS. The number of nitrogens with one attached hydrogen (secondary N) is 1. The van der Waals surface area contributed by atoms with Crippen molar-refractivity contribution in [2.24, 2.45) is 0 Å². The molecule has 6 heteroatoms. The summed E-state index contributed by atoms with van der Waals surface area (Å²) in [6.45, 7) is 10.2. The van der Waals surface area contributed by atoms with Crippen LogP contribution in [0.4, 0.5) is 0 Å². The number of carbonyl (C=O) groups is 1. The van der Waals surface area contributed by atoms with Crippen LogP contribution in [0.3, 0.4) is 0 Å². The molecule has 3 rings (SSSR count). The van der Waals surface area contributed by atoms with Crippen molar-refractivity contribution in [3.8, 4) is 5.69 Å². The Morgan fingerprint density at radius 3 is 2.43 bits per heavy atom. The SMILES string of the molecule is Cc1ccc(-n2c(C)nnc2SCC(=O)N[C@@H](C)c2ccc(C)c(C)c2)cc1. The van der Waals surface area contributed by atoms with Crippen molar-refractivity contribution in [1.29, 1.82) is 0 Å². The molecule has 1 heterocycles. The third-order valence-electron chi connectivity index (χ3n) is 4.83. The number of hydrogen-bond donors (Lipinski definition) is 1. The van der Waals surface area contributed by atoms with Crippen LogP contribution in [0.25, 0.3) is 5.69 Å². The van der Waals surface area contributed by atoms with Gasteiger partial charge in [0, 0.05) is 5.69 Å². The maximum absolute atomic E-state index is 12.5. The Hall–Kier alpha value is -2.60. The van der Waals surface area contributed by atoms with Gasteiger partial charge in [0.05, 0.1) is 11.8 Å². The van der Waals surface area contributed by atoms with E-state index >= 15 is 0 Å². The lowest BCUT2D eigenvalue weighted by atomic mass is 10.0. The Morgan fingerprint density at radius 2 is 1.75 bits per heavy atom. The number of thioether (sulfide) groups is 1. The smallest absolute Gasteiger partial charge is 0.230 e. The summed E-state index contributed by atoms with van der Waals surface area (Å²) in [7, 11) is 0. The highest BCUT2D eigenvalue weighted by Gasteiger charge is 2.15. The first kappa shape index (κ1) is 20.1. The van der Waals surface area contributed by atoms with Gasteiger partial charge in [-0.25, -0.2) is 0 Å². The van der Waals surface area contributed by atoms with E-state index in [1.54, 1.807) is 0 Å². The Bertz CT molecular complexity index is 979. The van der Waals surface area contributed by atoms with Crippen LogP contribution in [-0.2, 0) is 4.79 Å². The molecule has 1 amide bonds. The summed E-state index contributed by atoms with van der Waals surface area (Å²) >= 11 is 1.40. The van der Waals surface area contributed by atoms with E-state index in [4.69, 9.17) is 0 Å². The van der Waals surface area contributed by atoms with E-state index in [2.05, 4.69) is 66.6 Å². The molecule has 1 aromatic heterocycles. The summed E-state index contributed by atoms with van der Waals surface area (Å²) in [6, 6.07) is 14.4. The fraction of sp³-hybridized carbons (Fsp3) is 0.318. The van der Waals surface area contributed by atoms with Crippen LogP contribution in [0.15, 0.2) is 47.6 Å². The average Bonchev–Trinajstić information content (AvgIpc) is 3.03. The molecule has 0 aliphatic heterocycles. The zero-order chi connectivity index (χ0) is 20.3. The van der Waals surface area contributed by atoms with Crippen molar-refractivity contribution < 1.29 is 4.79 Å². The number of benzene rings is 2. The second-order valence-corrected chi connectivity index (χ2v) is 8.06. The van der Waals surface area contributed by atoms with Crippen LogP contribution in [0.5, 0.6) is 0 Å². The minimum Gasteiger partial charge on any atom is -0.349 e. The van der Waals surface area contributed by atoms with Crippen LogP contribution in [0, 0.1) is 27.7 Å². The van der Waals surface area contributed by atoms with Crippen molar-refractivity contribution in [2.75, 3.05) is 5.75 Å². The number of amides is 1. The number of aromatic nitrogens is 3. The fourth-order valence-electron chi connectivity index (χ4n) is 2.96. The predicted molar refractivity (Wildman–Crippen MR) is 114 cm³/mol. The molecule has 5 nitrogen and oxygen atoms in total. The molecule has 28 heavy (non-hydrogen) atoms. The molecule has 0 saturated carbocycles. The minimum absolute atomic E-state index is 0.0214. The summed E-state index contributed by atoms with van der Waals surface area (Å²) in [4.78, 5) is 12.5. The van der Waals surface area contributed by atoms with E-state index in [-0.39, 0.29) is 11.9 Å². The number of carbonyl (C=O) groups excluding carboxylic acids is 1. The zero-order valence-corrected chi connectivity index (χ0v) is 17.8. The van der Waals surface area contributed by atoms with Gasteiger partial charge in [-0.2, -0.15) is 0 Å². The standard InChI is InChI=1S/C22H26N4OS/c1-14-6-10-20(11-7-14)26-18(5)24-25-22(26)28-13-21(27)23-17(4)19-9-8-15(2)16(3)12-19/h6-12,17H,13H2,1-5H3,(H,23,27)/t17-/m0/s1. The Labute approximate surface area is 170 Å². The molecule has 146 valence electrons. The van der Waals surface area contributed by atoms with Gasteiger partial charge in [-0.15, -0.1) is 10.2 Å². The molecule has 0 fully saturated rings. The molecule has 0 saturated heterocycles. The summed E-state index contributed by atoms with van der Waals surface area (Å²) in [6.07, 6.45) is 0. The second-order valence-electron chi connectivity index (χ2n) is 7.12. The molecule has 0 aliphatic carbocycles. The minimum atomic E-state index is -0.0379. The largest absolute Gasteiger partial charge is 0.349 e. The van der Waals surface area contributed by atoms with Crippen molar-refractivity contribution in [1.82, 2.24) is 20.1 Å². The average molecular weight is 395 g/mol. The second kappa shape index (κ2) is 8.61. The maximum Gasteiger partial charge on any atom is 0.230 e. The van der Waals surface area contributed by atoms with Crippen molar-refractivity contribution >= 4 is 17.7 Å². The predicted octanol–water partition coefficient (Wildman–Crippen LogP) is 4.47. The lowest BCUT2D eigenvalue weighted by Crippen LogP contribution is -2.28. The van der Waals surface area contributed by atoms with E-state index in [1.807, 2.05) is 30.5 Å². The van der Waals surface area contributed by atoms with E-state index in [0.29, 0.717) is 5.75 Å². The molecule has 2 aromatic carbocycles. The first-order chi connectivity index (χ1) is 13.3. The number of hydrogen-bond acceptors (Lipinski definition) is 4. The highest BCUT2D eigenvalue weighted by Crippen LogP contribution is 2.22. The zero-order valence-electron chi connectivity index (χ0n) is 17.0. The highest BCUT2D eigenvalue weighted by molar-refractivity contribution is 7.99. The molecule has 0 aliphatic rings. The Kier molecular flexibility index (Phi) is 6.19. The van der Waals surface area contributed by atoms with Crippen LogP contribution >= 0.6 is 11.8 Å². The van der Waals surface area contributed by atoms with Crippen LogP contribution in [0.2, 0.25) is 0 Å². The summed E-state index contributed by atoms with van der Waals surface area (Å²) < 4.78 is 1.98. The van der Waals surface area contributed by atoms with Crippen LogP contribution < -0.4 is 5.32 Å². The van der Waals surface area contributed by atoms with Crippen LogP contribution in [0.1, 0.15) is 41.0 Å². The number of rotatable bonds is 6. The topological polar surface area (TPSA) is 59.8 Å². The van der Waals surface area contributed by atoms with Gasteiger partial charge in [0.2, 0.25) is 5.91 Å². The van der Waals surface area contributed by atoms with Gasteiger partial charge in [0.15, 0.2) is 5.16 Å². The maximum atomic E-state index is 12.5. The highest BCUT2D eigenvalue weighted by atomic mass is 32.2. The van der Waals surface area contributed by atoms with Gasteiger partial charge in [-0.3, -0.25) is 9.36 Å². The molecule has 0 unspecified atom stereocenters. The fourth-order valence-corrected chi connectivity index (χ4v) is 3.77. The summed E-state index contributed by atoms with van der Waals surface area (Å²) in [5, 5.41) is 12.2. The van der Waals surface area contributed by atoms with Gasteiger partial charge < -0.3 is 5.32 Å². The third kappa shape index (κ3) is 4.62. The molecule has 1 atom stereocenters. The monoisotopic (exact) mass is 394 g/mol. The quantitative estimate of drug-likeness (QED) is 0.627. The van der Waals surface area contributed by atoms with E-state index < -0.39 is 0 Å². The van der Waals surface area contributed by atoms with Gasteiger partial charge in [-0.05, 0) is 63.4 Å². The van der Waals surface area contributed by atoms with Crippen LogP contribution in [-0.4, -0.2) is 26.4 Å². The number of aryl methyl sites for hydroxylation is 4. The number of nitrogens with zero attached hydrogens (tertiary/aromatic N) is 3. The lowest BCUT2D eigenvalue weighted by molar-refractivity contribution is -0.119. The molecule has 3 aromatic rings. The van der Waals surface area contributed by atoms with E-state index in [1.165, 1.54) is 28.5 Å². The molecule has 1 N–H and O–H groups in total. The van der Waals surface area contributed by atoms with Gasteiger partial charge >= 0.3 is 0 Å². The van der Waals surface area contributed by atoms with Crippen molar-refractivity contribution in [3.63, 3.8) is 0 Å². The van der Waals surface area contributed by atoms with E-state index in [0.717, 1.165) is 22.2 Å². The van der Waals surface area contributed by atoms with Crippen molar-refractivity contribution in [2.45, 2.75) is 45.8 Å². The Balaban J connectivity index is 1.65. The first-order valence-corrected chi connectivity index (χ1v) is 10.3. The summed E-state index contributed by atoms with van der Waals surface area (Å²) in [5.41, 5.74) is 5.79. The van der Waals surface area contributed by atoms with Gasteiger partial charge in [-0.1, -0.05) is 47.7 Å². The molecule has 0 bridgehead atoms. The normalized spacial score (nSPS) is 12.0. The van der Waals surface area contributed by atoms with Crippen molar-refractivity contribution in [3.05, 3.63) is 70.5 Å². The Morgan fingerprint density at radius 1 is 1.04 bits per heavy atom. The first-order valence-electron chi connectivity index (χ1n) is 9.33. The molecular weight excluding hydrogens is 368 g/mol. The summed E-state index contributed by atoms with van der Waals surface area (Å²) in [5.74, 6) is 1.07. The molecule has 0 radical (unpaired) electrons. The lowest BCUT2D eigenvalue weighted by Gasteiger charge is -2.15.